The summed E-state index contributed by atoms with van der Waals surface area (Å²) in [5, 5.41) is 17.0. The number of nitrogens with zero attached hydrogens (tertiary/aromatic N) is 1. The lowest BCUT2D eigenvalue weighted by molar-refractivity contribution is -0.255. The molecule has 0 aliphatic rings. The minimum absolute atomic E-state index is 0.0807. The summed E-state index contributed by atoms with van der Waals surface area (Å²) < 4.78 is 10.3. The normalized spacial score (nSPS) is 10.1. The van der Waals surface area contributed by atoms with Crippen LogP contribution < -0.4 is 14.6 Å². The van der Waals surface area contributed by atoms with Crippen molar-refractivity contribution in [1.82, 2.24) is 10.2 Å². The fourth-order valence-electron chi connectivity index (χ4n) is 1.57. The Morgan fingerprint density at radius 1 is 1.28 bits per heavy atom. The second-order valence-electron chi connectivity index (χ2n) is 3.52. The predicted octanol–water partition coefficient (Wildman–Crippen LogP) is 0.457. The molecular formula is C12H11N2O4-. The summed E-state index contributed by atoms with van der Waals surface area (Å²) in [7, 11) is 3.07. The molecule has 1 N–H and O–H groups in total. The summed E-state index contributed by atoms with van der Waals surface area (Å²) in [6.45, 7) is 0. The second kappa shape index (κ2) is 4.79. The van der Waals surface area contributed by atoms with Crippen molar-refractivity contribution in [2.45, 2.75) is 0 Å². The number of nitrogens with one attached hydrogen (secondary N) is 1. The van der Waals surface area contributed by atoms with Crippen molar-refractivity contribution in [1.29, 1.82) is 0 Å². The Morgan fingerprint density at radius 2 is 2.06 bits per heavy atom. The Balaban J connectivity index is 2.45. The van der Waals surface area contributed by atoms with E-state index < -0.39 is 5.97 Å². The van der Waals surface area contributed by atoms with Gasteiger partial charge in [-0.15, -0.1) is 0 Å². The van der Waals surface area contributed by atoms with Crippen molar-refractivity contribution in [2.24, 2.45) is 0 Å². The smallest absolute Gasteiger partial charge is 0.132 e. The minimum atomic E-state index is -1.30. The van der Waals surface area contributed by atoms with Crippen LogP contribution in [0.1, 0.15) is 10.5 Å². The fraction of sp³-hybridized carbons (Fsp3) is 0.167. The number of carboxylic acids is 1. The molecule has 0 fully saturated rings. The van der Waals surface area contributed by atoms with E-state index in [-0.39, 0.29) is 5.69 Å². The molecule has 0 radical (unpaired) electrons. The molecule has 0 bridgehead atoms. The molecule has 0 spiro atoms. The van der Waals surface area contributed by atoms with Crippen LogP contribution in [0.3, 0.4) is 0 Å². The molecule has 1 heterocycles. The summed E-state index contributed by atoms with van der Waals surface area (Å²) >= 11 is 0. The third-order valence-corrected chi connectivity index (χ3v) is 2.48. The molecule has 0 saturated heterocycles. The van der Waals surface area contributed by atoms with E-state index in [4.69, 9.17) is 9.47 Å². The van der Waals surface area contributed by atoms with Crippen molar-refractivity contribution in [2.75, 3.05) is 14.2 Å². The zero-order chi connectivity index (χ0) is 13.1. The van der Waals surface area contributed by atoms with Crippen LogP contribution in [0.5, 0.6) is 11.5 Å². The standard InChI is InChI=1S/C12H12N2O4/c1-17-7-3-4-8(11(5-7)18-2)9-6-10(12(15)16)14-13-9/h3-6H,1-2H3,(H,13,14)(H,15,16)/p-1. The average molecular weight is 247 g/mol. The quantitative estimate of drug-likeness (QED) is 0.847. The van der Waals surface area contributed by atoms with E-state index >= 15 is 0 Å². The molecule has 1 aromatic carbocycles. The zero-order valence-electron chi connectivity index (χ0n) is 9.89. The van der Waals surface area contributed by atoms with E-state index in [0.717, 1.165) is 0 Å². The number of carbonyl (C=O) groups is 1. The van der Waals surface area contributed by atoms with Crippen LogP contribution in [0.25, 0.3) is 11.3 Å². The van der Waals surface area contributed by atoms with Crippen LogP contribution in [0.2, 0.25) is 0 Å². The highest BCUT2D eigenvalue weighted by Crippen LogP contribution is 2.32. The number of H-pyrrole nitrogens is 1. The highest BCUT2D eigenvalue weighted by molar-refractivity contribution is 5.85. The maximum Gasteiger partial charge on any atom is 0.132 e. The molecule has 0 aliphatic heterocycles. The first-order valence-electron chi connectivity index (χ1n) is 5.15. The van der Waals surface area contributed by atoms with Gasteiger partial charge < -0.3 is 19.4 Å². The number of rotatable bonds is 4. The maximum atomic E-state index is 10.7. The molecule has 0 aliphatic carbocycles. The van der Waals surface area contributed by atoms with Gasteiger partial charge in [-0.2, -0.15) is 5.10 Å². The van der Waals surface area contributed by atoms with Crippen LogP contribution in [0, 0.1) is 0 Å². The summed E-state index contributed by atoms with van der Waals surface area (Å²) in [6.07, 6.45) is 0. The first-order chi connectivity index (χ1) is 8.65. The number of hydrogen-bond acceptors (Lipinski definition) is 5. The first-order valence-corrected chi connectivity index (χ1v) is 5.15. The topological polar surface area (TPSA) is 87.3 Å². The number of methoxy groups -OCH3 is 2. The molecule has 18 heavy (non-hydrogen) atoms. The number of carbonyl (C=O) groups excluding carboxylic acids is 1. The number of hydrogen-bond donors (Lipinski definition) is 1. The SMILES string of the molecule is COc1ccc(-c2cc(C(=O)[O-])[nH]n2)c(OC)c1. The van der Waals surface area contributed by atoms with Crippen LogP contribution in [0.4, 0.5) is 0 Å². The molecule has 0 saturated carbocycles. The molecular weight excluding hydrogens is 236 g/mol. The van der Waals surface area contributed by atoms with Crippen LogP contribution in [-0.2, 0) is 0 Å². The van der Waals surface area contributed by atoms with Gasteiger partial charge >= 0.3 is 0 Å². The molecule has 0 amide bonds. The van der Waals surface area contributed by atoms with E-state index in [2.05, 4.69) is 10.2 Å². The van der Waals surface area contributed by atoms with E-state index in [0.29, 0.717) is 22.8 Å². The molecule has 6 nitrogen and oxygen atoms in total. The van der Waals surface area contributed by atoms with Crippen molar-refractivity contribution in [3.63, 3.8) is 0 Å². The van der Waals surface area contributed by atoms with Gasteiger partial charge in [0.1, 0.15) is 11.5 Å². The first kappa shape index (κ1) is 12.0. The van der Waals surface area contributed by atoms with Gasteiger partial charge in [-0.1, -0.05) is 0 Å². The van der Waals surface area contributed by atoms with Crippen molar-refractivity contribution >= 4 is 5.97 Å². The lowest BCUT2D eigenvalue weighted by atomic mass is 10.1. The Morgan fingerprint density at radius 3 is 2.61 bits per heavy atom. The number of carboxylic acid groups (broad SMARTS) is 1. The molecule has 0 atom stereocenters. The Labute approximate surface area is 103 Å². The van der Waals surface area contributed by atoms with Crippen molar-refractivity contribution in [3.8, 4) is 22.8 Å². The van der Waals surface area contributed by atoms with Gasteiger partial charge in [0.2, 0.25) is 0 Å². The molecule has 6 heteroatoms. The largest absolute Gasteiger partial charge is 0.543 e. The van der Waals surface area contributed by atoms with E-state index in [1.54, 1.807) is 25.3 Å². The van der Waals surface area contributed by atoms with Crippen LogP contribution >= 0.6 is 0 Å². The highest BCUT2D eigenvalue weighted by atomic mass is 16.5. The average Bonchev–Trinajstić information content (AvgIpc) is 2.87. The third kappa shape index (κ3) is 2.13. The molecule has 1 aromatic heterocycles. The second-order valence-corrected chi connectivity index (χ2v) is 3.52. The monoisotopic (exact) mass is 247 g/mol. The maximum absolute atomic E-state index is 10.7. The minimum Gasteiger partial charge on any atom is -0.543 e. The number of ether oxygens (including phenoxy) is 2. The van der Waals surface area contributed by atoms with Gasteiger partial charge in [0.05, 0.1) is 31.6 Å². The number of benzene rings is 1. The lowest BCUT2D eigenvalue weighted by Gasteiger charge is -2.08. The van der Waals surface area contributed by atoms with Crippen molar-refractivity contribution < 1.29 is 19.4 Å². The van der Waals surface area contributed by atoms with Gasteiger partial charge in [-0.3, -0.25) is 5.10 Å². The predicted molar refractivity (Wildman–Crippen MR) is 61.5 cm³/mol. The van der Waals surface area contributed by atoms with E-state index in [1.165, 1.54) is 13.2 Å². The molecule has 94 valence electrons. The van der Waals surface area contributed by atoms with Gasteiger partial charge in [0, 0.05) is 11.6 Å². The number of aromatic carboxylic acids is 1. The fourth-order valence-corrected chi connectivity index (χ4v) is 1.57. The summed E-state index contributed by atoms with van der Waals surface area (Å²) in [5.74, 6) is -0.113. The zero-order valence-corrected chi connectivity index (χ0v) is 9.89. The van der Waals surface area contributed by atoms with Crippen LogP contribution in [-0.4, -0.2) is 30.4 Å². The van der Waals surface area contributed by atoms with Crippen molar-refractivity contribution in [3.05, 3.63) is 30.0 Å². The number of aromatic nitrogens is 2. The summed E-state index contributed by atoms with van der Waals surface area (Å²) in [5.41, 5.74) is 1.05. The third-order valence-electron chi connectivity index (χ3n) is 2.48. The highest BCUT2D eigenvalue weighted by Gasteiger charge is 2.11. The van der Waals surface area contributed by atoms with Gasteiger partial charge in [-0.05, 0) is 18.2 Å². The van der Waals surface area contributed by atoms with Gasteiger partial charge in [0.15, 0.2) is 0 Å². The number of aromatic amines is 1. The lowest BCUT2D eigenvalue weighted by Crippen LogP contribution is -2.22. The Hall–Kier alpha value is -2.50. The van der Waals surface area contributed by atoms with E-state index in [1.807, 2.05) is 0 Å². The Bertz CT molecular complexity index is 577. The summed E-state index contributed by atoms with van der Waals surface area (Å²) in [6, 6.07) is 6.57. The summed E-state index contributed by atoms with van der Waals surface area (Å²) in [4.78, 5) is 10.7. The molecule has 2 rings (SSSR count). The molecule has 2 aromatic rings. The van der Waals surface area contributed by atoms with Gasteiger partial charge in [0.25, 0.3) is 0 Å². The Kier molecular flexibility index (Phi) is 3.18. The van der Waals surface area contributed by atoms with E-state index in [9.17, 15) is 9.90 Å². The van der Waals surface area contributed by atoms with Gasteiger partial charge in [-0.25, -0.2) is 0 Å². The van der Waals surface area contributed by atoms with Crippen LogP contribution in [0.15, 0.2) is 24.3 Å². The molecule has 0 unspecified atom stereocenters.